The van der Waals surface area contributed by atoms with Crippen molar-refractivity contribution in [2.45, 2.75) is 20.8 Å². The van der Waals surface area contributed by atoms with E-state index in [0.717, 1.165) is 22.2 Å². The summed E-state index contributed by atoms with van der Waals surface area (Å²) in [5.41, 5.74) is 1.85. The highest BCUT2D eigenvalue weighted by Gasteiger charge is 2.35. The summed E-state index contributed by atoms with van der Waals surface area (Å²) in [4.78, 5) is 38.6. The molecule has 0 bridgehead atoms. The van der Waals surface area contributed by atoms with Crippen LogP contribution in [0.4, 0.5) is 4.79 Å². The van der Waals surface area contributed by atoms with Gasteiger partial charge >= 0.3 is 0 Å². The fourth-order valence-electron chi connectivity index (χ4n) is 2.95. The average molecular weight is 453 g/mol. The Morgan fingerprint density at radius 1 is 1.21 bits per heavy atom. The Morgan fingerprint density at radius 2 is 1.93 bits per heavy atom. The maximum absolute atomic E-state index is 12.6. The molecule has 0 saturated carbocycles. The maximum atomic E-state index is 12.6. The number of carbonyl (C=O) groups is 3. The number of halogens is 2. The predicted octanol–water partition coefficient (Wildman–Crippen LogP) is 4.98. The van der Waals surface area contributed by atoms with Crippen LogP contribution in [0, 0.1) is 20.8 Å². The lowest BCUT2D eigenvalue weighted by Gasteiger charge is -2.13. The number of hydrogen-bond donors (Lipinski definition) is 1. The largest absolute Gasteiger partial charge is 0.466 e. The van der Waals surface area contributed by atoms with Crippen LogP contribution in [0.15, 0.2) is 27.5 Å². The highest BCUT2D eigenvalue weighted by atomic mass is 35.5. The molecule has 9 heteroatoms. The van der Waals surface area contributed by atoms with E-state index < -0.39 is 11.1 Å². The summed E-state index contributed by atoms with van der Waals surface area (Å²) < 4.78 is 5.46. The van der Waals surface area contributed by atoms with Crippen LogP contribution in [0.1, 0.15) is 33.0 Å². The van der Waals surface area contributed by atoms with Gasteiger partial charge in [-0.2, -0.15) is 0 Å². The molecule has 1 aromatic heterocycles. The van der Waals surface area contributed by atoms with E-state index in [1.807, 2.05) is 6.92 Å². The Bertz CT molecular complexity index is 1050. The molecule has 29 heavy (non-hydrogen) atoms. The molecule has 1 saturated heterocycles. The van der Waals surface area contributed by atoms with Crippen molar-refractivity contribution in [1.29, 1.82) is 0 Å². The number of aryl methyl sites for hydroxylation is 2. The van der Waals surface area contributed by atoms with Crippen LogP contribution in [0.2, 0.25) is 10.0 Å². The molecule has 1 aliphatic rings. The molecule has 0 unspecified atom stereocenters. The first kappa shape index (κ1) is 21.5. The minimum Gasteiger partial charge on any atom is -0.466 e. The van der Waals surface area contributed by atoms with Crippen molar-refractivity contribution in [2.75, 3.05) is 13.1 Å². The summed E-state index contributed by atoms with van der Waals surface area (Å²) >= 11 is 12.8. The second-order valence-corrected chi connectivity index (χ2v) is 8.31. The van der Waals surface area contributed by atoms with Crippen LogP contribution in [0.5, 0.6) is 0 Å². The number of carbonyl (C=O) groups excluding carboxylic acids is 3. The van der Waals surface area contributed by atoms with Gasteiger partial charge in [-0.25, -0.2) is 0 Å². The zero-order valence-electron chi connectivity index (χ0n) is 16.0. The van der Waals surface area contributed by atoms with Crippen LogP contribution < -0.4 is 5.32 Å². The standard InChI is InChI=1S/C20H18Cl2N2O4S/c1-10-11(2)28-12(3)17(10)18(25)23-6-7-24-19(26)16(29-20(24)27)8-13-4-5-14(21)9-15(13)22/h4-5,8-9H,6-7H2,1-3H3,(H,23,25)/b16-8+. The van der Waals surface area contributed by atoms with Gasteiger partial charge in [0.15, 0.2) is 0 Å². The SMILES string of the molecule is Cc1oc(C)c(C(=O)NCCN2C(=O)S/C(=C/c3ccc(Cl)cc3Cl)C2=O)c1C. The predicted molar refractivity (Wildman–Crippen MR) is 114 cm³/mol. The van der Waals surface area contributed by atoms with E-state index >= 15 is 0 Å². The number of nitrogens with zero attached hydrogens (tertiary/aromatic N) is 1. The van der Waals surface area contributed by atoms with Gasteiger partial charge in [0.2, 0.25) is 0 Å². The molecule has 0 aliphatic carbocycles. The lowest BCUT2D eigenvalue weighted by molar-refractivity contribution is -0.122. The summed E-state index contributed by atoms with van der Waals surface area (Å²) in [6, 6.07) is 4.90. The van der Waals surface area contributed by atoms with Crippen LogP contribution in [-0.4, -0.2) is 35.0 Å². The molecule has 1 N–H and O–H groups in total. The molecule has 3 rings (SSSR count). The van der Waals surface area contributed by atoms with Crippen molar-refractivity contribution in [2.24, 2.45) is 0 Å². The van der Waals surface area contributed by atoms with Gasteiger partial charge in [0.25, 0.3) is 17.1 Å². The van der Waals surface area contributed by atoms with Crippen molar-refractivity contribution >= 4 is 58.1 Å². The minimum atomic E-state index is -0.424. The molecule has 3 amide bonds. The number of nitrogens with one attached hydrogen (secondary N) is 1. The number of benzene rings is 1. The monoisotopic (exact) mass is 452 g/mol. The van der Waals surface area contributed by atoms with Gasteiger partial charge in [0, 0.05) is 28.7 Å². The summed E-state index contributed by atoms with van der Waals surface area (Å²) in [5.74, 6) is 0.495. The molecule has 0 spiro atoms. The Balaban J connectivity index is 1.65. The minimum absolute atomic E-state index is 0.0665. The Labute approximate surface area is 182 Å². The van der Waals surface area contributed by atoms with Crippen LogP contribution >= 0.6 is 35.0 Å². The van der Waals surface area contributed by atoms with E-state index in [2.05, 4.69) is 5.32 Å². The van der Waals surface area contributed by atoms with Gasteiger partial charge in [-0.15, -0.1) is 0 Å². The third-order valence-corrected chi connectivity index (χ3v) is 6.00. The van der Waals surface area contributed by atoms with Gasteiger partial charge < -0.3 is 9.73 Å². The normalized spacial score (nSPS) is 15.5. The van der Waals surface area contributed by atoms with Gasteiger partial charge in [0.05, 0.1) is 10.5 Å². The zero-order valence-corrected chi connectivity index (χ0v) is 18.3. The Morgan fingerprint density at radius 3 is 2.55 bits per heavy atom. The van der Waals surface area contributed by atoms with Crippen LogP contribution in [0.25, 0.3) is 6.08 Å². The van der Waals surface area contributed by atoms with E-state index in [1.165, 1.54) is 0 Å². The van der Waals surface area contributed by atoms with E-state index in [0.29, 0.717) is 32.7 Å². The van der Waals surface area contributed by atoms with E-state index in [1.54, 1.807) is 38.1 Å². The number of imide groups is 1. The van der Waals surface area contributed by atoms with Gasteiger partial charge in [-0.1, -0.05) is 29.3 Å². The van der Waals surface area contributed by atoms with Crippen molar-refractivity contribution in [3.8, 4) is 0 Å². The first-order chi connectivity index (χ1) is 13.7. The lowest BCUT2D eigenvalue weighted by Crippen LogP contribution is -2.37. The highest BCUT2D eigenvalue weighted by Crippen LogP contribution is 2.33. The molecule has 1 fully saturated rings. The maximum Gasteiger partial charge on any atom is 0.293 e. The first-order valence-corrected chi connectivity index (χ1v) is 10.3. The summed E-state index contributed by atoms with van der Waals surface area (Å²) in [6.07, 6.45) is 1.56. The number of amides is 3. The molecule has 6 nitrogen and oxygen atoms in total. The molecule has 152 valence electrons. The highest BCUT2D eigenvalue weighted by molar-refractivity contribution is 8.18. The summed E-state index contributed by atoms with van der Waals surface area (Å²) in [7, 11) is 0. The second-order valence-electron chi connectivity index (χ2n) is 6.47. The van der Waals surface area contributed by atoms with Gasteiger partial charge in [-0.3, -0.25) is 19.3 Å². The first-order valence-electron chi connectivity index (χ1n) is 8.74. The number of furan rings is 1. The van der Waals surface area contributed by atoms with Crippen molar-refractivity contribution in [3.05, 3.63) is 61.4 Å². The Kier molecular flexibility index (Phi) is 6.41. The van der Waals surface area contributed by atoms with Crippen molar-refractivity contribution in [1.82, 2.24) is 10.2 Å². The molecular formula is C20H18Cl2N2O4S. The fraction of sp³-hybridized carbons (Fsp3) is 0.250. The third-order valence-electron chi connectivity index (χ3n) is 4.53. The van der Waals surface area contributed by atoms with Crippen LogP contribution in [0.3, 0.4) is 0 Å². The summed E-state index contributed by atoms with van der Waals surface area (Å²) in [5, 5.41) is 3.20. The molecule has 0 atom stereocenters. The topological polar surface area (TPSA) is 79.6 Å². The molecule has 2 heterocycles. The van der Waals surface area contributed by atoms with E-state index in [9.17, 15) is 14.4 Å². The van der Waals surface area contributed by atoms with Crippen molar-refractivity contribution < 1.29 is 18.8 Å². The fourth-order valence-corrected chi connectivity index (χ4v) is 4.27. The van der Waals surface area contributed by atoms with Crippen LogP contribution in [-0.2, 0) is 4.79 Å². The summed E-state index contributed by atoms with van der Waals surface area (Å²) in [6.45, 7) is 5.52. The van der Waals surface area contributed by atoms with Gasteiger partial charge in [-0.05, 0) is 56.3 Å². The smallest absolute Gasteiger partial charge is 0.293 e. The molecule has 1 aliphatic heterocycles. The van der Waals surface area contributed by atoms with Gasteiger partial charge in [0.1, 0.15) is 11.5 Å². The Hall–Kier alpha value is -2.22. The second kappa shape index (κ2) is 8.65. The molecular weight excluding hydrogens is 435 g/mol. The van der Waals surface area contributed by atoms with E-state index in [4.69, 9.17) is 27.6 Å². The number of thioether (sulfide) groups is 1. The number of rotatable bonds is 5. The third kappa shape index (κ3) is 4.52. The van der Waals surface area contributed by atoms with E-state index in [-0.39, 0.29) is 23.9 Å². The molecule has 2 aromatic rings. The molecule has 1 aromatic carbocycles. The van der Waals surface area contributed by atoms with Crippen molar-refractivity contribution in [3.63, 3.8) is 0 Å². The quantitative estimate of drug-likeness (QED) is 0.647. The average Bonchev–Trinajstić information content (AvgIpc) is 3.06. The zero-order chi connectivity index (χ0) is 21.3. The molecule has 0 radical (unpaired) electrons. The lowest BCUT2D eigenvalue weighted by atomic mass is 10.1. The number of hydrogen-bond acceptors (Lipinski definition) is 5.